The van der Waals surface area contributed by atoms with E-state index in [1.807, 2.05) is 0 Å². The van der Waals surface area contributed by atoms with E-state index < -0.39 is 108 Å². The predicted molar refractivity (Wildman–Crippen MR) is 228 cm³/mol. The Balaban J connectivity index is 0.000000169. The molecule has 0 unspecified atom stereocenters. The highest BCUT2D eigenvalue weighted by molar-refractivity contribution is 7.90. The molecule has 4 aromatic heterocycles. The number of halogens is 4. The van der Waals surface area contributed by atoms with Crippen LogP contribution in [0.25, 0.3) is 0 Å². The largest absolute Gasteiger partial charge is 0.380 e. The van der Waals surface area contributed by atoms with Gasteiger partial charge in [-0.15, -0.1) is 0 Å². The Labute approximate surface area is 388 Å². The number of nitrogens with zero attached hydrogens (tertiary/aromatic N) is 8. The summed E-state index contributed by atoms with van der Waals surface area (Å²) in [6, 6.07) is 0. The van der Waals surface area contributed by atoms with Crippen molar-refractivity contribution in [3.8, 4) is 0 Å². The molecule has 0 saturated carbocycles. The van der Waals surface area contributed by atoms with Crippen molar-refractivity contribution in [2.75, 3.05) is 52.9 Å². The summed E-state index contributed by atoms with van der Waals surface area (Å²) in [5.74, 6) is -2.89. The molecular weight excluding hydrogens is 997 g/mol. The number of ether oxygens (including phenoxy) is 4. The number of nitrogens with two attached hydrogens (primary N) is 4. The minimum Gasteiger partial charge on any atom is -0.380 e. The molecular formula is C36H48F4N12O12S4. The molecule has 8 atom stereocenters. The summed E-state index contributed by atoms with van der Waals surface area (Å²) in [5.41, 5.74) is 0. The normalized spacial score (nSPS) is 25.8. The van der Waals surface area contributed by atoms with E-state index in [1.54, 1.807) is 0 Å². The molecule has 4 fully saturated rings. The zero-order chi connectivity index (χ0) is 49.9. The van der Waals surface area contributed by atoms with Gasteiger partial charge in [0.2, 0.25) is 40.1 Å². The van der Waals surface area contributed by atoms with Gasteiger partial charge in [0.15, 0.2) is 23.3 Å². The zero-order valence-corrected chi connectivity index (χ0v) is 38.9. The van der Waals surface area contributed by atoms with Crippen LogP contribution in [0.4, 0.5) is 17.6 Å². The lowest BCUT2D eigenvalue weighted by molar-refractivity contribution is 0.0860. The molecule has 8 heterocycles. The summed E-state index contributed by atoms with van der Waals surface area (Å²) in [4.78, 5) is 30.4. The standard InChI is InChI=1S/4C9H12FN3O3S/c4*10-6-3-12-9(13-4-6)7-1-2-16-5-8(7)17(11,14)15/h4*3-4,7-8H,1-2,5H2,(H2,11,14,15)/t2*7-,8+;2*7-,8-/m1010/s1. The average Bonchev–Trinajstić information content (AvgIpc) is 3.30. The Bertz CT molecular complexity index is 2340. The molecule has 4 aromatic rings. The van der Waals surface area contributed by atoms with E-state index in [0.717, 1.165) is 49.6 Å². The Hall–Kier alpha value is -4.48. The van der Waals surface area contributed by atoms with Crippen molar-refractivity contribution in [3.05, 3.63) is 96.1 Å². The van der Waals surface area contributed by atoms with Crippen LogP contribution in [0.3, 0.4) is 0 Å². The van der Waals surface area contributed by atoms with Gasteiger partial charge in [0.25, 0.3) is 0 Å². The van der Waals surface area contributed by atoms with Gasteiger partial charge in [-0.1, -0.05) is 0 Å². The second-order valence-corrected chi connectivity index (χ2v) is 22.6. The highest BCUT2D eigenvalue weighted by atomic mass is 32.2. The summed E-state index contributed by atoms with van der Waals surface area (Å²) in [7, 11) is -14.9. The lowest BCUT2D eigenvalue weighted by Gasteiger charge is -2.28. The quantitative estimate of drug-likeness (QED) is 0.155. The summed E-state index contributed by atoms with van der Waals surface area (Å²) in [6.07, 6.45) is 9.90. The van der Waals surface area contributed by atoms with Crippen LogP contribution in [-0.2, 0) is 59.0 Å². The fourth-order valence-corrected chi connectivity index (χ4v) is 11.4. The van der Waals surface area contributed by atoms with Crippen molar-refractivity contribution >= 4 is 40.1 Å². The molecule has 0 aliphatic carbocycles. The van der Waals surface area contributed by atoms with E-state index in [4.69, 9.17) is 39.5 Å². The Morgan fingerprint density at radius 2 is 0.515 bits per heavy atom. The van der Waals surface area contributed by atoms with Crippen LogP contribution in [0.1, 0.15) is 72.7 Å². The molecule has 0 aromatic carbocycles. The number of aromatic nitrogens is 8. The van der Waals surface area contributed by atoms with E-state index in [-0.39, 0.29) is 49.7 Å². The van der Waals surface area contributed by atoms with Gasteiger partial charge in [0.1, 0.15) is 44.3 Å². The van der Waals surface area contributed by atoms with Gasteiger partial charge in [-0.3, -0.25) is 0 Å². The van der Waals surface area contributed by atoms with Crippen molar-refractivity contribution in [3.63, 3.8) is 0 Å². The Kier molecular flexibility index (Phi) is 19.1. The SMILES string of the molecule is NS(=O)(=O)[C@@H]1COCC[C@@H]1c1ncc(F)cn1.NS(=O)(=O)[C@@H]1COCC[C@H]1c1ncc(F)cn1.NS(=O)(=O)[C@H]1COCC[C@@H]1c1ncc(F)cn1.NS(=O)(=O)[C@H]1COCC[C@H]1c1ncc(F)cn1. The third-order valence-corrected chi connectivity index (χ3v) is 16.0. The third-order valence-electron chi connectivity index (χ3n) is 10.8. The van der Waals surface area contributed by atoms with Gasteiger partial charge in [-0.2, -0.15) is 0 Å². The highest BCUT2D eigenvalue weighted by Gasteiger charge is 2.40. The van der Waals surface area contributed by atoms with Crippen molar-refractivity contribution in [2.24, 2.45) is 20.6 Å². The summed E-state index contributed by atoms with van der Waals surface area (Å²) in [5, 5.41) is 17.0. The molecule has 8 N–H and O–H groups in total. The lowest BCUT2D eigenvalue weighted by atomic mass is 9.99. The molecule has 4 aliphatic rings. The van der Waals surface area contributed by atoms with E-state index in [2.05, 4.69) is 39.9 Å². The minimum atomic E-state index is -3.73. The van der Waals surface area contributed by atoms with E-state index in [9.17, 15) is 51.2 Å². The fraction of sp³-hybridized carbons (Fsp3) is 0.556. The number of hydrogen-bond donors (Lipinski definition) is 4. The van der Waals surface area contributed by atoms with E-state index in [0.29, 0.717) is 52.1 Å². The molecule has 4 aliphatic heterocycles. The van der Waals surface area contributed by atoms with Crippen molar-refractivity contribution < 1.29 is 70.2 Å². The molecule has 8 rings (SSSR count). The molecule has 0 bridgehead atoms. The van der Waals surface area contributed by atoms with Crippen LogP contribution in [0.5, 0.6) is 0 Å². The van der Waals surface area contributed by atoms with Crippen molar-refractivity contribution in [2.45, 2.75) is 70.4 Å². The predicted octanol–water partition coefficient (Wildman–Crippen LogP) is -0.893. The monoisotopic (exact) mass is 1040 g/mol. The molecule has 24 nitrogen and oxygen atoms in total. The zero-order valence-electron chi connectivity index (χ0n) is 35.7. The summed E-state index contributed by atoms with van der Waals surface area (Å²) < 4.78 is 162. The Morgan fingerprint density at radius 1 is 0.353 bits per heavy atom. The fourth-order valence-electron chi connectivity index (χ4n) is 7.38. The maximum atomic E-state index is 12.7. The molecule has 68 heavy (non-hydrogen) atoms. The van der Waals surface area contributed by atoms with Gasteiger partial charge in [-0.05, 0) is 25.7 Å². The maximum absolute atomic E-state index is 12.7. The number of sulfonamides is 4. The van der Waals surface area contributed by atoms with Crippen LogP contribution in [0.15, 0.2) is 49.6 Å². The maximum Gasteiger partial charge on any atom is 0.214 e. The number of primary sulfonamides is 4. The molecule has 32 heteroatoms. The lowest BCUT2D eigenvalue weighted by Crippen LogP contribution is -2.41. The molecule has 376 valence electrons. The minimum absolute atomic E-state index is 0.0181. The van der Waals surface area contributed by atoms with Gasteiger partial charge < -0.3 is 18.9 Å². The van der Waals surface area contributed by atoms with Crippen LogP contribution >= 0.6 is 0 Å². The molecule has 4 saturated heterocycles. The topological polar surface area (TPSA) is 381 Å². The molecule has 0 spiro atoms. The van der Waals surface area contributed by atoms with Crippen molar-refractivity contribution in [1.29, 1.82) is 0 Å². The van der Waals surface area contributed by atoms with Gasteiger partial charge >= 0.3 is 0 Å². The van der Waals surface area contributed by atoms with Gasteiger partial charge in [-0.25, -0.2) is 112 Å². The van der Waals surface area contributed by atoms with Gasteiger partial charge in [0.05, 0.1) is 76.0 Å². The number of hydrogen-bond acceptors (Lipinski definition) is 20. The summed E-state index contributed by atoms with van der Waals surface area (Å²) in [6.45, 7) is 1.73. The molecule has 0 amide bonds. The second-order valence-electron chi connectivity index (χ2n) is 15.4. The molecule has 0 radical (unpaired) electrons. The van der Waals surface area contributed by atoms with Gasteiger partial charge in [0, 0.05) is 50.1 Å². The smallest absolute Gasteiger partial charge is 0.214 e. The van der Waals surface area contributed by atoms with E-state index >= 15 is 0 Å². The van der Waals surface area contributed by atoms with Crippen LogP contribution in [0, 0.1) is 23.3 Å². The second kappa shape index (κ2) is 23.9. The first-order valence-electron chi connectivity index (χ1n) is 20.2. The summed E-state index contributed by atoms with van der Waals surface area (Å²) >= 11 is 0. The highest BCUT2D eigenvalue weighted by Crippen LogP contribution is 2.31. The third kappa shape index (κ3) is 15.8. The van der Waals surface area contributed by atoms with Crippen LogP contribution in [-0.4, -0.2) is 147 Å². The van der Waals surface area contributed by atoms with Crippen LogP contribution in [0.2, 0.25) is 0 Å². The first-order chi connectivity index (χ1) is 31.9. The van der Waals surface area contributed by atoms with E-state index in [1.165, 1.54) is 0 Å². The number of rotatable bonds is 8. The Morgan fingerprint density at radius 3 is 0.662 bits per heavy atom. The average molecular weight is 1050 g/mol. The van der Waals surface area contributed by atoms with Crippen LogP contribution < -0.4 is 20.6 Å². The first kappa shape index (κ1) is 54.5. The van der Waals surface area contributed by atoms with Crippen molar-refractivity contribution in [1.82, 2.24) is 39.9 Å². The first-order valence-corrected chi connectivity index (χ1v) is 26.6.